The fourth-order valence-electron chi connectivity index (χ4n) is 3.19. The Bertz CT molecular complexity index is 1100. The van der Waals surface area contributed by atoms with E-state index < -0.39 is 11.8 Å². The van der Waals surface area contributed by atoms with Crippen LogP contribution in [0.25, 0.3) is 33.1 Å². The molecule has 3 N–H and O–H groups in total. The molecule has 3 aromatic heterocycles. The summed E-state index contributed by atoms with van der Waals surface area (Å²) in [5.74, 6) is -2.87. The molecule has 0 radical (unpaired) electrons. The van der Waals surface area contributed by atoms with Crippen molar-refractivity contribution in [3.8, 4) is 11.3 Å². The van der Waals surface area contributed by atoms with E-state index in [1.807, 2.05) is 24.3 Å². The average Bonchev–Trinajstić information content (AvgIpc) is 3.03. The van der Waals surface area contributed by atoms with E-state index in [2.05, 4.69) is 20.3 Å². The van der Waals surface area contributed by atoms with Crippen LogP contribution in [0.1, 0.15) is 6.42 Å². The largest absolute Gasteiger partial charge is 0.383 e. The van der Waals surface area contributed by atoms with E-state index in [1.165, 1.54) is 0 Å². The molecule has 1 aromatic carbocycles. The number of nitrogens with two attached hydrogens (primary N) is 1. The van der Waals surface area contributed by atoms with Crippen LogP contribution >= 0.6 is 0 Å². The number of pyridine rings is 1. The molecule has 4 aromatic rings. The molecule has 0 bridgehead atoms. The molecule has 1 aliphatic carbocycles. The second-order valence-corrected chi connectivity index (χ2v) is 6.46. The Labute approximate surface area is 140 Å². The highest BCUT2D eigenvalue weighted by atomic mass is 19.3. The van der Waals surface area contributed by atoms with Crippen LogP contribution in [0.5, 0.6) is 0 Å². The topological polar surface area (TPSA) is 85.4 Å². The summed E-state index contributed by atoms with van der Waals surface area (Å²) in [6.45, 7) is 0.188. The van der Waals surface area contributed by atoms with E-state index in [4.69, 9.17) is 5.73 Å². The SMILES string of the molecule is Nc1nc2cc(-c3cc[nH]n3)ccc2c2nn(CC3CC3(F)F)cc12. The van der Waals surface area contributed by atoms with Crippen molar-refractivity contribution in [3.05, 3.63) is 36.7 Å². The number of hydrogen-bond acceptors (Lipinski definition) is 4. The number of hydrogen-bond donors (Lipinski definition) is 2. The number of nitrogens with zero attached hydrogens (tertiary/aromatic N) is 4. The quantitative estimate of drug-likeness (QED) is 0.600. The molecular formula is C17H14F2N6. The van der Waals surface area contributed by atoms with Crippen LogP contribution in [0.3, 0.4) is 0 Å². The van der Waals surface area contributed by atoms with Crippen molar-refractivity contribution in [2.24, 2.45) is 5.92 Å². The third kappa shape index (κ3) is 2.25. The van der Waals surface area contributed by atoms with Crippen LogP contribution in [-0.4, -0.2) is 30.9 Å². The van der Waals surface area contributed by atoms with Gasteiger partial charge in [0.25, 0.3) is 5.92 Å². The van der Waals surface area contributed by atoms with Crippen LogP contribution in [-0.2, 0) is 6.54 Å². The molecule has 0 saturated heterocycles. The van der Waals surface area contributed by atoms with E-state index in [0.29, 0.717) is 22.2 Å². The second-order valence-electron chi connectivity index (χ2n) is 6.46. The van der Waals surface area contributed by atoms with E-state index in [-0.39, 0.29) is 13.0 Å². The first-order valence-electron chi connectivity index (χ1n) is 7.96. The number of anilines is 1. The van der Waals surface area contributed by atoms with Crippen molar-refractivity contribution < 1.29 is 8.78 Å². The van der Waals surface area contributed by atoms with Crippen LogP contribution < -0.4 is 5.73 Å². The minimum atomic E-state index is -2.57. The number of fused-ring (bicyclic) bond motifs is 3. The summed E-state index contributed by atoms with van der Waals surface area (Å²) in [5.41, 5.74) is 9.17. The zero-order chi connectivity index (χ0) is 17.2. The Hall–Kier alpha value is -3.03. The number of rotatable bonds is 3. The molecule has 1 unspecified atom stereocenters. The van der Waals surface area contributed by atoms with Crippen molar-refractivity contribution in [3.63, 3.8) is 0 Å². The summed E-state index contributed by atoms with van der Waals surface area (Å²) in [5, 5.41) is 12.9. The van der Waals surface area contributed by atoms with Gasteiger partial charge in [-0.3, -0.25) is 9.78 Å². The molecule has 5 rings (SSSR count). The number of H-pyrrole nitrogens is 1. The van der Waals surface area contributed by atoms with Gasteiger partial charge >= 0.3 is 0 Å². The Kier molecular flexibility index (Phi) is 2.72. The Morgan fingerprint density at radius 1 is 1.28 bits per heavy atom. The van der Waals surface area contributed by atoms with Crippen molar-refractivity contribution >= 4 is 27.6 Å². The molecule has 0 amide bonds. The zero-order valence-corrected chi connectivity index (χ0v) is 13.1. The lowest BCUT2D eigenvalue weighted by molar-refractivity contribution is 0.0943. The van der Waals surface area contributed by atoms with Crippen LogP contribution in [0.2, 0.25) is 0 Å². The summed E-state index contributed by atoms with van der Waals surface area (Å²) in [6, 6.07) is 7.62. The van der Waals surface area contributed by atoms with Gasteiger partial charge in [-0.1, -0.05) is 6.07 Å². The number of halogens is 2. The molecule has 8 heteroatoms. The summed E-state index contributed by atoms with van der Waals surface area (Å²) in [4.78, 5) is 4.45. The van der Waals surface area contributed by atoms with Crippen molar-refractivity contribution in [1.29, 1.82) is 0 Å². The highest BCUT2D eigenvalue weighted by Gasteiger charge is 2.56. The van der Waals surface area contributed by atoms with Crippen LogP contribution in [0, 0.1) is 5.92 Å². The summed E-state index contributed by atoms with van der Waals surface area (Å²) < 4.78 is 27.9. The van der Waals surface area contributed by atoms with Gasteiger partial charge in [-0.15, -0.1) is 0 Å². The zero-order valence-electron chi connectivity index (χ0n) is 13.1. The van der Waals surface area contributed by atoms with Crippen molar-refractivity contribution in [2.45, 2.75) is 18.9 Å². The molecule has 0 spiro atoms. The van der Waals surface area contributed by atoms with Gasteiger partial charge in [-0.05, 0) is 18.2 Å². The maximum atomic E-state index is 13.2. The summed E-state index contributed by atoms with van der Waals surface area (Å²) in [7, 11) is 0. The predicted molar refractivity (Wildman–Crippen MR) is 90.1 cm³/mol. The maximum Gasteiger partial charge on any atom is 0.253 e. The molecule has 3 heterocycles. The van der Waals surface area contributed by atoms with Gasteiger partial charge in [0.05, 0.1) is 16.6 Å². The van der Waals surface area contributed by atoms with Gasteiger partial charge in [0, 0.05) is 42.2 Å². The molecule has 126 valence electrons. The van der Waals surface area contributed by atoms with Crippen LogP contribution in [0.4, 0.5) is 14.6 Å². The number of aromatic nitrogens is 5. The van der Waals surface area contributed by atoms with Gasteiger partial charge in [-0.2, -0.15) is 10.2 Å². The minimum absolute atomic E-state index is 0.0787. The van der Waals surface area contributed by atoms with Gasteiger partial charge in [0.2, 0.25) is 0 Å². The number of alkyl halides is 2. The molecule has 1 atom stereocenters. The normalized spacial score (nSPS) is 18.9. The molecule has 1 saturated carbocycles. The minimum Gasteiger partial charge on any atom is -0.383 e. The van der Waals surface area contributed by atoms with Gasteiger partial charge in [0.1, 0.15) is 11.3 Å². The van der Waals surface area contributed by atoms with Gasteiger partial charge in [-0.25, -0.2) is 13.8 Å². The van der Waals surface area contributed by atoms with Crippen molar-refractivity contribution in [2.75, 3.05) is 5.73 Å². The second kappa shape index (κ2) is 4.75. The van der Waals surface area contributed by atoms with Crippen LogP contribution in [0.15, 0.2) is 36.7 Å². The summed E-state index contributed by atoms with van der Waals surface area (Å²) >= 11 is 0. The lowest BCUT2D eigenvalue weighted by Gasteiger charge is -2.03. The first-order chi connectivity index (χ1) is 12.0. The average molecular weight is 340 g/mol. The first-order valence-corrected chi connectivity index (χ1v) is 7.96. The molecule has 1 aliphatic rings. The van der Waals surface area contributed by atoms with E-state index in [1.54, 1.807) is 17.1 Å². The standard InChI is InChI=1S/C17H14F2N6/c18-17(19)6-10(17)7-25-8-12-15(24-25)11-2-1-9(13-3-4-21-23-13)5-14(11)22-16(12)20/h1-5,8,10H,6-7H2,(H2,20,22)(H,21,23). The number of nitrogens with one attached hydrogen (secondary N) is 1. The lowest BCUT2D eigenvalue weighted by Crippen LogP contribution is -2.05. The van der Waals surface area contributed by atoms with E-state index >= 15 is 0 Å². The molecule has 1 fully saturated rings. The predicted octanol–water partition coefficient (Wildman–Crippen LogP) is 3.21. The van der Waals surface area contributed by atoms with Gasteiger partial charge in [0.15, 0.2) is 0 Å². The van der Waals surface area contributed by atoms with Gasteiger partial charge < -0.3 is 5.73 Å². The van der Waals surface area contributed by atoms with E-state index in [0.717, 1.165) is 16.6 Å². The maximum absolute atomic E-state index is 13.2. The lowest BCUT2D eigenvalue weighted by atomic mass is 10.1. The first kappa shape index (κ1) is 14.3. The fraction of sp³-hybridized carbons (Fsp3) is 0.235. The third-order valence-electron chi connectivity index (χ3n) is 4.69. The fourth-order valence-corrected chi connectivity index (χ4v) is 3.19. The van der Waals surface area contributed by atoms with Crippen molar-refractivity contribution in [1.82, 2.24) is 25.0 Å². The third-order valence-corrected chi connectivity index (χ3v) is 4.69. The Morgan fingerprint density at radius 3 is 2.84 bits per heavy atom. The number of aromatic amines is 1. The monoisotopic (exact) mass is 340 g/mol. The molecule has 6 nitrogen and oxygen atoms in total. The smallest absolute Gasteiger partial charge is 0.253 e. The Morgan fingerprint density at radius 2 is 2.12 bits per heavy atom. The molecule has 0 aliphatic heterocycles. The number of benzene rings is 1. The summed E-state index contributed by atoms with van der Waals surface area (Å²) in [6.07, 6.45) is 3.37. The number of nitrogen functional groups attached to an aromatic ring is 1. The molecular weight excluding hydrogens is 326 g/mol. The highest BCUT2D eigenvalue weighted by molar-refractivity contribution is 6.08. The highest BCUT2D eigenvalue weighted by Crippen LogP contribution is 2.49. The molecule has 25 heavy (non-hydrogen) atoms. The Balaban J connectivity index is 1.63. The van der Waals surface area contributed by atoms with E-state index in [9.17, 15) is 8.78 Å².